The second-order valence-corrected chi connectivity index (χ2v) is 4.84. The van der Waals surface area contributed by atoms with Crippen molar-refractivity contribution < 1.29 is 18.0 Å². The number of carbonyl (C=O) groups is 1. The van der Waals surface area contributed by atoms with Crippen LogP contribution in [0.5, 0.6) is 0 Å². The maximum absolute atomic E-state index is 12.7. The first-order valence-electron chi connectivity index (χ1n) is 6.49. The molecule has 6 nitrogen and oxygen atoms in total. The lowest BCUT2D eigenvalue weighted by atomic mass is 9.96. The molecule has 1 aromatic heterocycles. The zero-order valence-corrected chi connectivity index (χ0v) is 11.4. The molecular formula is C12H16F3N5O. The fourth-order valence-electron chi connectivity index (χ4n) is 2.33. The zero-order chi connectivity index (χ0) is 15.6. The van der Waals surface area contributed by atoms with Crippen molar-refractivity contribution in [2.75, 3.05) is 30.8 Å². The molecule has 1 saturated heterocycles. The van der Waals surface area contributed by atoms with Crippen LogP contribution in [0.3, 0.4) is 0 Å². The highest BCUT2D eigenvalue weighted by molar-refractivity contribution is 5.78. The first-order valence-corrected chi connectivity index (χ1v) is 6.49. The largest absolute Gasteiger partial charge is 0.433 e. The van der Waals surface area contributed by atoms with Crippen LogP contribution in [0.4, 0.5) is 24.9 Å². The molecule has 1 aromatic rings. The third-order valence-corrected chi connectivity index (χ3v) is 3.46. The number of aromatic nitrogens is 2. The van der Waals surface area contributed by atoms with Gasteiger partial charge in [-0.1, -0.05) is 0 Å². The molecule has 1 fully saturated rings. The van der Waals surface area contributed by atoms with E-state index in [0.717, 1.165) is 6.07 Å². The zero-order valence-electron chi connectivity index (χ0n) is 11.4. The van der Waals surface area contributed by atoms with Crippen LogP contribution < -0.4 is 16.0 Å². The topological polar surface area (TPSA) is 84.1 Å². The number of alkyl halides is 3. The Labute approximate surface area is 119 Å². The van der Waals surface area contributed by atoms with Gasteiger partial charge in [-0.2, -0.15) is 18.2 Å². The smallest absolute Gasteiger partial charge is 0.368 e. The van der Waals surface area contributed by atoms with Crippen molar-refractivity contribution in [2.24, 2.45) is 5.92 Å². The molecule has 2 rings (SSSR count). The number of anilines is 2. The number of hydrogen-bond acceptors (Lipinski definition) is 5. The van der Waals surface area contributed by atoms with E-state index in [0.29, 0.717) is 25.9 Å². The highest BCUT2D eigenvalue weighted by Gasteiger charge is 2.34. The first kappa shape index (κ1) is 15.3. The number of piperidine rings is 1. The van der Waals surface area contributed by atoms with E-state index in [1.165, 1.54) is 0 Å². The van der Waals surface area contributed by atoms with E-state index in [9.17, 15) is 18.0 Å². The van der Waals surface area contributed by atoms with E-state index in [4.69, 9.17) is 5.73 Å². The second-order valence-electron chi connectivity index (χ2n) is 4.84. The molecule has 0 aliphatic carbocycles. The number of carbonyl (C=O) groups excluding carboxylic acids is 1. The van der Waals surface area contributed by atoms with E-state index >= 15 is 0 Å². The maximum Gasteiger partial charge on any atom is 0.433 e. The van der Waals surface area contributed by atoms with Crippen LogP contribution in [-0.4, -0.2) is 36.0 Å². The number of rotatable bonds is 2. The van der Waals surface area contributed by atoms with Crippen molar-refractivity contribution in [3.63, 3.8) is 0 Å². The van der Waals surface area contributed by atoms with Crippen molar-refractivity contribution in [3.05, 3.63) is 11.8 Å². The minimum absolute atomic E-state index is 0.0483. The van der Waals surface area contributed by atoms with Crippen LogP contribution in [0.1, 0.15) is 18.5 Å². The SMILES string of the molecule is CNC(=O)C1CCN(c2cc(C(F)(F)F)nc(N)n2)CC1. The Kier molecular flexibility index (Phi) is 4.19. The highest BCUT2D eigenvalue weighted by Crippen LogP contribution is 2.31. The molecule has 1 aliphatic heterocycles. The van der Waals surface area contributed by atoms with Crippen molar-refractivity contribution in [1.82, 2.24) is 15.3 Å². The molecule has 1 amide bonds. The van der Waals surface area contributed by atoms with Crippen molar-refractivity contribution in [1.29, 1.82) is 0 Å². The van der Waals surface area contributed by atoms with Gasteiger partial charge in [-0.05, 0) is 12.8 Å². The fourth-order valence-corrected chi connectivity index (χ4v) is 2.33. The molecular weight excluding hydrogens is 287 g/mol. The molecule has 9 heteroatoms. The summed E-state index contributed by atoms with van der Waals surface area (Å²) in [5.74, 6) is -0.432. The van der Waals surface area contributed by atoms with Gasteiger partial charge < -0.3 is 16.0 Å². The molecule has 3 N–H and O–H groups in total. The third-order valence-electron chi connectivity index (χ3n) is 3.46. The van der Waals surface area contributed by atoms with Gasteiger partial charge in [-0.15, -0.1) is 0 Å². The predicted molar refractivity (Wildman–Crippen MR) is 70.5 cm³/mol. The van der Waals surface area contributed by atoms with E-state index in [-0.39, 0.29) is 17.6 Å². The van der Waals surface area contributed by atoms with Crippen LogP contribution in [0.25, 0.3) is 0 Å². The second kappa shape index (κ2) is 5.74. The maximum atomic E-state index is 12.7. The quantitative estimate of drug-likeness (QED) is 0.853. The Morgan fingerprint density at radius 2 is 2.00 bits per heavy atom. The Morgan fingerprint density at radius 1 is 1.38 bits per heavy atom. The lowest BCUT2D eigenvalue weighted by molar-refractivity contribution is -0.141. The molecule has 0 bridgehead atoms. The molecule has 0 radical (unpaired) electrons. The summed E-state index contributed by atoms with van der Waals surface area (Å²) in [6.07, 6.45) is -3.44. The van der Waals surface area contributed by atoms with E-state index < -0.39 is 17.8 Å². The fraction of sp³-hybridized carbons (Fsp3) is 0.583. The summed E-state index contributed by atoms with van der Waals surface area (Å²) in [5, 5.41) is 2.58. The first-order chi connectivity index (χ1) is 9.81. The van der Waals surface area contributed by atoms with Crippen LogP contribution in [0, 0.1) is 5.92 Å². The Hall–Kier alpha value is -2.06. The van der Waals surface area contributed by atoms with Gasteiger partial charge in [0.05, 0.1) is 0 Å². The number of hydrogen-bond donors (Lipinski definition) is 2. The van der Waals surface area contributed by atoms with Gasteiger partial charge >= 0.3 is 6.18 Å². The van der Waals surface area contributed by atoms with Gasteiger partial charge in [0, 0.05) is 32.1 Å². The average Bonchev–Trinajstić information content (AvgIpc) is 2.45. The number of amides is 1. The van der Waals surface area contributed by atoms with Crippen molar-refractivity contribution in [2.45, 2.75) is 19.0 Å². The van der Waals surface area contributed by atoms with E-state index in [2.05, 4.69) is 15.3 Å². The summed E-state index contributed by atoms with van der Waals surface area (Å²) in [5.41, 5.74) is 4.29. The molecule has 0 saturated carbocycles. The highest BCUT2D eigenvalue weighted by atomic mass is 19.4. The van der Waals surface area contributed by atoms with Gasteiger partial charge in [-0.3, -0.25) is 4.79 Å². The van der Waals surface area contributed by atoms with Gasteiger partial charge in [0.25, 0.3) is 0 Å². The molecule has 116 valence electrons. The summed E-state index contributed by atoms with van der Waals surface area (Å²) in [6.45, 7) is 0.900. The Bertz CT molecular complexity index is 526. The Morgan fingerprint density at radius 3 is 2.52 bits per heavy atom. The van der Waals surface area contributed by atoms with Crippen LogP contribution in [-0.2, 0) is 11.0 Å². The number of halogens is 3. The number of nitrogens with zero attached hydrogens (tertiary/aromatic N) is 3. The van der Waals surface area contributed by atoms with Gasteiger partial charge in [0.2, 0.25) is 11.9 Å². The lowest BCUT2D eigenvalue weighted by Gasteiger charge is -2.32. The molecule has 2 heterocycles. The normalized spacial score (nSPS) is 16.9. The van der Waals surface area contributed by atoms with Gasteiger partial charge in [0.15, 0.2) is 5.69 Å². The summed E-state index contributed by atoms with van der Waals surface area (Å²) in [4.78, 5) is 20.3. The molecule has 0 spiro atoms. The van der Waals surface area contributed by atoms with E-state index in [1.807, 2.05) is 0 Å². The monoisotopic (exact) mass is 303 g/mol. The average molecular weight is 303 g/mol. The minimum Gasteiger partial charge on any atom is -0.368 e. The Balaban J connectivity index is 2.13. The molecule has 0 unspecified atom stereocenters. The summed E-state index contributed by atoms with van der Waals surface area (Å²) < 4.78 is 38.1. The standard InChI is InChI=1S/C12H16F3N5O/c1-17-10(21)7-2-4-20(5-3-7)9-6-8(12(13,14)15)18-11(16)19-9/h6-7H,2-5H2,1H3,(H,17,21)(H2,16,18,19). The number of nitrogens with two attached hydrogens (primary N) is 1. The number of nitrogen functional groups attached to an aromatic ring is 1. The molecule has 1 aliphatic rings. The van der Waals surface area contributed by atoms with Crippen LogP contribution in [0.2, 0.25) is 0 Å². The summed E-state index contributed by atoms with van der Waals surface area (Å²) >= 11 is 0. The molecule has 0 aromatic carbocycles. The van der Waals surface area contributed by atoms with Crippen molar-refractivity contribution in [3.8, 4) is 0 Å². The van der Waals surface area contributed by atoms with Gasteiger partial charge in [0.1, 0.15) is 5.82 Å². The summed E-state index contributed by atoms with van der Waals surface area (Å²) in [6, 6.07) is 0.885. The lowest BCUT2D eigenvalue weighted by Crippen LogP contribution is -2.40. The number of nitrogens with one attached hydrogen (secondary N) is 1. The van der Waals surface area contributed by atoms with E-state index in [1.54, 1.807) is 11.9 Å². The van der Waals surface area contributed by atoms with Gasteiger partial charge in [-0.25, -0.2) is 4.98 Å². The molecule has 21 heavy (non-hydrogen) atoms. The summed E-state index contributed by atoms with van der Waals surface area (Å²) in [7, 11) is 1.56. The van der Waals surface area contributed by atoms with Crippen molar-refractivity contribution >= 4 is 17.7 Å². The predicted octanol–water partition coefficient (Wildman–Crippen LogP) is 1.04. The van der Waals surface area contributed by atoms with Crippen LogP contribution in [0.15, 0.2) is 6.07 Å². The van der Waals surface area contributed by atoms with Crippen LogP contribution >= 0.6 is 0 Å². The minimum atomic E-state index is -4.56. The molecule has 0 atom stereocenters. The third kappa shape index (κ3) is 3.53.